The number of benzene rings is 2. The molecule has 0 spiro atoms. The number of nitrogens with two attached hydrogens (primary N) is 2. The summed E-state index contributed by atoms with van der Waals surface area (Å²) in [6, 6.07) is 8.87. The number of hydrogen-bond acceptors (Lipinski definition) is 7. The summed E-state index contributed by atoms with van der Waals surface area (Å²) in [5, 5.41) is 3.97. The van der Waals surface area contributed by atoms with E-state index >= 15 is 0 Å². The highest BCUT2D eigenvalue weighted by Gasteiger charge is 2.35. The molecule has 3 rings (SSSR count). The smallest absolute Gasteiger partial charge is 0.243 e. The molecule has 2 atom stereocenters. The third-order valence-corrected chi connectivity index (χ3v) is 7.84. The molecule has 2 amide bonds. The Morgan fingerprint density at radius 2 is 1.87 bits per heavy atom. The first kappa shape index (κ1) is 31.8. The molecule has 1 fully saturated rings. The first-order valence-corrected chi connectivity index (χ1v) is 13.8. The number of aldehydes is 1. The number of carbonyl (C=O) groups excluding carboxylic acids is 3. The Bertz CT molecular complexity index is 1320. The van der Waals surface area contributed by atoms with Crippen LogP contribution in [0.5, 0.6) is 0 Å². The third kappa shape index (κ3) is 8.04. The molecule has 214 valence electrons. The summed E-state index contributed by atoms with van der Waals surface area (Å²) in [6.45, 7) is 0.144. The van der Waals surface area contributed by atoms with E-state index in [1.807, 2.05) is 31.1 Å². The Kier molecular flexibility index (Phi) is 11.5. The molecule has 1 saturated heterocycles. The van der Waals surface area contributed by atoms with E-state index < -0.39 is 40.5 Å². The Labute approximate surface area is 234 Å². The number of amides is 2. The van der Waals surface area contributed by atoms with E-state index in [1.54, 1.807) is 18.2 Å². The van der Waals surface area contributed by atoms with Crippen molar-refractivity contribution in [3.8, 4) is 0 Å². The Balaban J connectivity index is 0.00000533. The number of carbonyl (C=O) groups is 3. The van der Waals surface area contributed by atoms with Gasteiger partial charge in [0, 0.05) is 43.6 Å². The maximum absolute atomic E-state index is 13.2. The Morgan fingerprint density at radius 3 is 2.54 bits per heavy atom. The van der Waals surface area contributed by atoms with Gasteiger partial charge in [0.15, 0.2) is 5.96 Å². The maximum Gasteiger partial charge on any atom is 0.243 e. The topological polar surface area (TPSA) is 180 Å². The second-order valence-electron chi connectivity index (χ2n) is 9.29. The van der Waals surface area contributed by atoms with Gasteiger partial charge < -0.3 is 31.4 Å². The lowest BCUT2D eigenvalue weighted by molar-refractivity contribution is -0.138. The summed E-state index contributed by atoms with van der Waals surface area (Å²) in [6.07, 6.45) is 2.46. The lowest BCUT2D eigenvalue weighted by Crippen LogP contribution is -2.51. The van der Waals surface area contributed by atoms with Crippen molar-refractivity contribution < 1.29 is 22.8 Å². The number of nitrogens with one attached hydrogen (secondary N) is 2. The molecule has 1 aliphatic heterocycles. The first-order valence-electron chi connectivity index (χ1n) is 12.3. The van der Waals surface area contributed by atoms with Crippen LogP contribution in [0, 0.1) is 0 Å². The fourth-order valence-electron chi connectivity index (χ4n) is 4.54. The predicted molar refractivity (Wildman–Crippen MR) is 153 cm³/mol. The number of fused-ring (bicyclic) bond motifs is 1. The monoisotopic (exact) mass is 581 g/mol. The van der Waals surface area contributed by atoms with Crippen molar-refractivity contribution in [2.75, 3.05) is 38.6 Å². The van der Waals surface area contributed by atoms with Crippen LogP contribution in [0.25, 0.3) is 10.8 Å². The predicted octanol–water partition coefficient (Wildman–Crippen LogP) is 0.334. The van der Waals surface area contributed by atoms with E-state index in [9.17, 15) is 22.8 Å². The van der Waals surface area contributed by atoms with Crippen molar-refractivity contribution >= 4 is 63.0 Å². The minimum absolute atomic E-state index is 0. The van der Waals surface area contributed by atoms with Crippen LogP contribution < -0.4 is 26.4 Å². The van der Waals surface area contributed by atoms with Gasteiger partial charge in [-0.05, 0) is 37.8 Å². The molecule has 1 aliphatic rings. The molecule has 0 aromatic heterocycles. The lowest BCUT2D eigenvalue weighted by atomic mass is 10.1. The molecule has 0 saturated carbocycles. The van der Waals surface area contributed by atoms with E-state index in [0.717, 1.165) is 11.1 Å². The van der Waals surface area contributed by atoms with Gasteiger partial charge >= 0.3 is 0 Å². The molecule has 14 heteroatoms. The summed E-state index contributed by atoms with van der Waals surface area (Å²) in [4.78, 5) is 44.4. The van der Waals surface area contributed by atoms with Crippen molar-refractivity contribution in [3.05, 3.63) is 36.4 Å². The molecule has 12 nitrogen and oxygen atoms in total. The van der Waals surface area contributed by atoms with Crippen LogP contribution in [0.15, 0.2) is 46.3 Å². The molecular weight excluding hydrogens is 546 g/mol. The van der Waals surface area contributed by atoms with Gasteiger partial charge in [0.2, 0.25) is 21.8 Å². The molecule has 2 aromatic carbocycles. The second-order valence-corrected chi connectivity index (χ2v) is 11.0. The molecule has 39 heavy (non-hydrogen) atoms. The summed E-state index contributed by atoms with van der Waals surface area (Å²) in [5.41, 5.74) is 11.4. The van der Waals surface area contributed by atoms with Crippen LogP contribution >= 0.6 is 12.4 Å². The molecule has 0 unspecified atom stereocenters. The standard InChI is InChI=1S/C25H35N7O5S.ClH/c1-31(2)20-10-3-9-19-18(20)8-4-12-22(19)38(36,37)29-15-23(34)32-14-6-11-21(32)24(35)30-17(16-33)7-5-13-28-25(26)27;/h3-4,8-10,12,16-17,21,29H,5-7,11,13-15H2,1-2H3,(H,30,35)(H4,26,27,28);1H/t17-,21-;/m0./s1. The third-order valence-electron chi connectivity index (χ3n) is 6.38. The molecule has 0 aliphatic carbocycles. The van der Waals surface area contributed by atoms with Crippen LogP contribution in [0.4, 0.5) is 5.69 Å². The van der Waals surface area contributed by atoms with E-state index in [2.05, 4.69) is 15.0 Å². The summed E-state index contributed by atoms with van der Waals surface area (Å²) < 4.78 is 28.7. The highest BCUT2D eigenvalue weighted by atomic mass is 35.5. The van der Waals surface area contributed by atoms with Crippen LogP contribution in [0.2, 0.25) is 0 Å². The Hall–Kier alpha value is -3.42. The zero-order valence-corrected chi connectivity index (χ0v) is 23.6. The van der Waals surface area contributed by atoms with E-state index in [4.69, 9.17) is 11.5 Å². The number of anilines is 1. The largest absolute Gasteiger partial charge is 0.377 e. The average molecular weight is 582 g/mol. The fraction of sp³-hybridized carbons (Fsp3) is 0.440. The first-order chi connectivity index (χ1) is 18.0. The van der Waals surface area contributed by atoms with Gasteiger partial charge in [-0.2, -0.15) is 0 Å². The van der Waals surface area contributed by atoms with Gasteiger partial charge in [-0.15, -0.1) is 12.4 Å². The number of likely N-dealkylation sites (tertiary alicyclic amines) is 1. The second kappa shape index (κ2) is 14.1. The van der Waals surface area contributed by atoms with Gasteiger partial charge in [0.25, 0.3) is 0 Å². The van der Waals surface area contributed by atoms with Gasteiger partial charge in [-0.1, -0.05) is 24.3 Å². The normalized spacial score (nSPS) is 15.7. The van der Waals surface area contributed by atoms with Crippen molar-refractivity contribution in [2.24, 2.45) is 16.5 Å². The number of sulfonamides is 1. The molecule has 0 bridgehead atoms. The number of guanidine groups is 1. The SMILES string of the molecule is CN(C)c1cccc2c(S(=O)(=O)NCC(=O)N3CCC[C@H]3C(=O)N[C@H](C=O)CCCN=C(N)N)cccc12.Cl. The van der Waals surface area contributed by atoms with Crippen LogP contribution in [0.3, 0.4) is 0 Å². The van der Waals surface area contributed by atoms with E-state index in [0.29, 0.717) is 50.4 Å². The number of halogens is 1. The number of hydrogen-bond donors (Lipinski definition) is 4. The van der Waals surface area contributed by atoms with Gasteiger partial charge in [-0.25, -0.2) is 13.1 Å². The molecular formula is C25H36ClN7O5S. The maximum atomic E-state index is 13.2. The van der Waals surface area contributed by atoms with E-state index in [1.165, 1.54) is 11.0 Å². The summed E-state index contributed by atoms with van der Waals surface area (Å²) in [5.74, 6) is -1.02. The molecule has 6 N–H and O–H groups in total. The molecule has 0 radical (unpaired) electrons. The lowest BCUT2D eigenvalue weighted by Gasteiger charge is -2.25. The highest BCUT2D eigenvalue weighted by molar-refractivity contribution is 7.89. The summed E-state index contributed by atoms with van der Waals surface area (Å²) in [7, 11) is -0.276. The minimum atomic E-state index is -4.02. The van der Waals surface area contributed by atoms with E-state index in [-0.39, 0.29) is 23.3 Å². The van der Waals surface area contributed by atoms with Gasteiger partial charge in [0.05, 0.1) is 17.5 Å². The van der Waals surface area contributed by atoms with Gasteiger partial charge in [0.1, 0.15) is 12.3 Å². The van der Waals surface area contributed by atoms with Gasteiger partial charge in [-0.3, -0.25) is 14.6 Å². The van der Waals surface area contributed by atoms with Crippen molar-refractivity contribution in [1.29, 1.82) is 0 Å². The zero-order chi connectivity index (χ0) is 27.9. The van der Waals surface area contributed by atoms with Crippen LogP contribution in [-0.4, -0.2) is 83.2 Å². The number of nitrogens with zero attached hydrogens (tertiary/aromatic N) is 3. The van der Waals surface area contributed by atoms with Crippen LogP contribution in [-0.2, 0) is 24.4 Å². The molecule has 2 aromatic rings. The molecule has 1 heterocycles. The van der Waals surface area contributed by atoms with Crippen LogP contribution in [0.1, 0.15) is 25.7 Å². The average Bonchev–Trinajstić information content (AvgIpc) is 3.38. The number of rotatable bonds is 12. The quantitative estimate of drug-likeness (QED) is 0.120. The zero-order valence-electron chi connectivity index (χ0n) is 22.0. The number of aliphatic imine (C=N–C) groups is 1. The van der Waals surface area contributed by atoms with Crippen molar-refractivity contribution in [2.45, 2.75) is 42.7 Å². The summed E-state index contributed by atoms with van der Waals surface area (Å²) >= 11 is 0. The highest BCUT2D eigenvalue weighted by Crippen LogP contribution is 2.30. The fourth-order valence-corrected chi connectivity index (χ4v) is 5.73. The minimum Gasteiger partial charge on any atom is -0.377 e. The Morgan fingerprint density at radius 1 is 1.18 bits per heavy atom. The van der Waals surface area contributed by atoms with Crippen molar-refractivity contribution in [1.82, 2.24) is 14.9 Å². The van der Waals surface area contributed by atoms with Crippen molar-refractivity contribution in [3.63, 3.8) is 0 Å².